The van der Waals surface area contributed by atoms with Crippen molar-refractivity contribution >= 4 is 11.6 Å². The molecule has 0 fully saturated rings. The minimum absolute atomic E-state index is 0.0679. The molecule has 0 aliphatic rings. The molecule has 21 heavy (non-hydrogen) atoms. The van der Waals surface area contributed by atoms with E-state index in [1.54, 1.807) is 4.52 Å². The van der Waals surface area contributed by atoms with Crippen LogP contribution in [0, 0.1) is 25.2 Å². The van der Waals surface area contributed by atoms with Crippen molar-refractivity contribution in [3.8, 4) is 6.07 Å². The summed E-state index contributed by atoms with van der Waals surface area (Å²) >= 11 is 0. The van der Waals surface area contributed by atoms with Gasteiger partial charge >= 0.3 is 0 Å². The van der Waals surface area contributed by atoms with Crippen LogP contribution in [0.2, 0.25) is 0 Å². The van der Waals surface area contributed by atoms with Crippen LogP contribution in [0.5, 0.6) is 0 Å². The summed E-state index contributed by atoms with van der Waals surface area (Å²) in [6.45, 7) is 3.96. The highest BCUT2D eigenvalue weighted by Gasteiger charge is 2.14. The van der Waals surface area contributed by atoms with E-state index in [-0.39, 0.29) is 19.1 Å². The van der Waals surface area contributed by atoms with E-state index in [0.717, 1.165) is 17.0 Å². The highest BCUT2D eigenvalue weighted by Crippen LogP contribution is 2.18. The third-order valence-electron chi connectivity index (χ3n) is 3.37. The van der Waals surface area contributed by atoms with E-state index in [1.165, 1.54) is 6.20 Å². The highest BCUT2D eigenvalue weighted by atomic mass is 16.3. The molecular weight excluding hydrogens is 270 g/mol. The molecule has 2 rings (SSSR count). The van der Waals surface area contributed by atoms with Gasteiger partial charge in [-0.1, -0.05) is 0 Å². The molecule has 0 bridgehead atoms. The van der Waals surface area contributed by atoms with Crippen LogP contribution in [0.25, 0.3) is 5.65 Å². The van der Waals surface area contributed by atoms with Gasteiger partial charge in [-0.15, -0.1) is 0 Å². The molecule has 0 unspecified atom stereocenters. The molecule has 0 spiro atoms. The number of aliphatic hydroxyl groups is 1. The Hall–Kier alpha value is -2.46. The van der Waals surface area contributed by atoms with Crippen LogP contribution in [-0.2, 0) is 11.2 Å². The number of nitriles is 1. The van der Waals surface area contributed by atoms with Gasteiger partial charge in [-0.3, -0.25) is 4.79 Å². The summed E-state index contributed by atoms with van der Waals surface area (Å²) in [5, 5.41) is 24.5. The van der Waals surface area contributed by atoms with Gasteiger partial charge in [0.25, 0.3) is 0 Å². The molecule has 2 N–H and O–H groups in total. The molecule has 2 heterocycles. The van der Waals surface area contributed by atoms with Crippen molar-refractivity contribution in [1.82, 2.24) is 19.9 Å². The van der Waals surface area contributed by atoms with Crippen LogP contribution in [0.15, 0.2) is 6.20 Å². The first-order valence-corrected chi connectivity index (χ1v) is 6.70. The molecule has 0 aliphatic carbocycles. The minimum Gasteiger partial charge on any atom is -0.395 e. The maximum atomic E-state index is 11.6. The standard InChI is InChI=1S/C14H17N5O2/c1-9-12(3-4-13(21)16-5-6-20)10(2)19-14(18-9)11(7-15)8-17-19/h8,20H,3-6H2,1-2H3,(H,16,21). The maximum absolute atomic E-state index is 11.6. The molecule has 0 radical (unpaired) electrons. The zero-order valence-electron chi connectivity index (χ0n) is 12.1. The molecule has 110 valence electrons. The number of nitrogens with zero attached hydrogens (tertiary/aromatic N) is 4. The van der Waals surface area contributed by atoms with Crippen molar-refractivity contribution in [1.29, 1.82) is 5.26 Å². The lowest BCUT2D eigenvalue weighted by Crippen LogP contribution is -2.26. The molecule has 0 aromatic carbocycles. The number of hydrogen-bond donors (Lipinski definition) is 2. The topological polar surface area (TPSA) is 103 Å². The second kappa shape index (κ2) is 6.33. The van der Waals surface area contributed by atoms with Gasteiger partial charge in [-0.2, -0.15) is 10.4 Å². The number of hydrogen-bond acceptors (Lipinski definition) is 5. The molecule has 7 heteroatoms. The Kier molecular flexibility index (Phi) is 4.50. The number of amides is 1. The Morgan fingerprint density at radius 1 is 1.52 bits per heavy atom. The number of nitrogens with one attached hydrogen (secondary N) is 1. The normalized spacial score (nSPS) is 10.6. The summed E-state index contributed by atoms with van der Waals surface area (Å²) in [5.74, 6) is -0.110. The zero-order chi connectivity index (χ0) is 15.4. The summed E-state index contributed by atoms with van der Waals surface area (Å²) in [4.78, 5) is 16.0. The van der Waals surface area contributed by atoms with Crippen LogP contribution >= 0.6 is 0 Å². The monoisotopic (exact) mass is 287 g/mol. The molecule has 0 saturated heterocycles. The molecule has 0 atom stereocenters. The predicted molar refractivity (Wildman–Crippen MR) is 75.6 cm³/mol. The number of carbonyl (C=O) groups is 1. The fraction of sp³-hybridized carbons (Fsp3) is 0.429. The molecule has 2 aromatic rings. The van der Waals surface area contributed by atoms with Crippen LogP contribution in [-0.4, -0.2) is 38.8 Å². The van der Waals surface area contributed by atoms with Crippen LogP contribution in [0.3, 0.4) is 0 Å². The van der Waals surface area contributed by atoms with Crippen molar-refractivity contribution < 1.29 is 9.90 Å². The van der Waals surface area contributed by atoms with Gasteiger partial charge in [-0.05, 0) is 25.8 Å². The Morgan fingerprint density at radius 3 is 2.95 bits per heavy atom. The quantitative estimate of drug-likeness (QED) is 0.821. The zero-order valence-corrected chi connectivity index (χ0v) is 12.1. The van der Waals surface area contributed by atoms with Crippen molar-refractivity contribution in [2.75, 3.05) is 13.2 Å². The summed E-state index contributed by atoms with van der Waals surface area (Å²) in [6.07, 6.45) is 2.35. The third-order valence-corrected chi connectivity index (χ3v) is 3.37. The van der Waals surface area contributed by atoms with E-state index in [9.17, 15) is 4.79 Å². The van der Waals surface area contributed by atoms with Crippen LogP contribution in [0.4, 0.5) is 0 Å². The molecule has 7 nitrogen and oxygen atoms in total. The van der Waals surface area contributed by atoms with E-state index in [0.29, 0.717) is 24.1 Å². The smallest absolute Gasteiger partial charge is 0.220 e. The number of rotatable bonds is 5. The summed E-state index contributed by atoms with van der Waals surface area (Å²) in [5.41, 5.74) is 3.62. The molecule has 0 aliphatic heterocycles. The first-order chi connectivity index (χ1) is 10.1. The number of carbonyl (C=O) groups excluding carboxylic acids is 1. The number of fused-ring (bicyclic) bond motifs is 1. The molecule has 2 aromatic heterocycles. The summed E-state index contributed by atoms with van der Waals surface area (Å²) in [7, 11) is 0. The first-order valence-electron chi connectivity index (χ1n) is 6.70. The summed E-state index contributed by atoms with van der Waals surface area (Å²) in [6, 6.07) is 2.06. The maximum Gasteiger partial charge on any atom is 0.220 e. The van der Waals surface area contributed by atoms with Gasteiger partial charge < -0.3 is 10.4 Å². The van der Waals surface area contributed by atoms with E-state index >= 15 is 0 Å². The fourth-order valence-electron chi connectivity index (χ4n) is 2.27. The number of aryl methyl sites for hydroxylation is 2. The summed E-state index contributed by atoms with van der Waals surface area (Å²) < 4.78 is 1.63. The van der Waals surface area contributed by atoms with Crippen molar-refractivity contribution in [2.45, 2.75) is 26.7 Å². The van der Waals surface area contributed by atoms with Gasteiger partial charge in [-0.25, -0.2) is 9.50 Å². The lowest BCUT2D eigenvalue weighted by atomic mass is 10.1. The second-order valence-electron chi connectivity index (χ2n) is 4.74. The predicted octanol–water partition coefficient (Wildman–Crippen LogP) is 0.259. The highest BCUT2D eigenvalue weighted by molar-refractivity contribution is 5.76. The van der Waals surface area contributed by atoms with Crippen LogP contribution < -0.4 is 5.32 Å². The van der Waals surface area contributed by atoms with Gasteiger partial charge in [0.2, 0.25) is 5.91 Å². The Labute approximate surface area is 122 Å². The fourth-order valence-corrected chi connectivity index (χ4v) is 2.27. The average Bonchev–Trinajstić information content (AvgIpc) is 2.87. The second-order valence-corrected chi connectivity index (χ2v) is 4.74. The van der Waals surface area contributed by atoms with Gasteiger partial charge in [0, 0.05) is 24.4 Å². The van der Waals surface area contributed by atoms with E-state index in [1.807, 2.05) is 13.8 Å². The Morgan fingerprint density at radius 2 is 2.29 bits per heavy atom. The SMILES string of the molecule is Cc1nc2c(C#N)cnn2c(C)c1CCC(=O)NCCO. The van der Waals surface area contributed by atoms with Crippen molar-refractivity contribution in [2.24, 2.45) is 0 Å². The van der Waals surface area contributed by atoms with Crippen molar-refractivity contribution in [3.05, 3.63) is 28.7 Å². The Bertz CT molecular complexity index is 714. The first kappa shape index (κ1) is 14.9. The lowest BCUT2D eigenvalue weighted by molar-refractivity contribution is -0.121. The van der Waals surface area contributed by atoms with Crippen molar-refractivity contribution in [3.63, 3.8) is 0 Å². The van der Waals surface area contributed by atoms with E-state index in [4.69, 9.17) is 10.4 Å². The minimum atomic E-state index is -0.110. The van der Waals surface area contributed by atoms with Gasteiger partial charge in [0.15, 0.2) is 5.65 Å². The number of aliphatic hydroxyl groups excluding tert-OH is 1. The van der Waals surface area contributed by atoms with E-state index < -0.39 is 0 Å². The largest absolute Gasteiger partial charge is 0.395 e. The average molecular weight is 287 g/mol. The van der Waals surface area contributed by atoms with Gasteiger partial charge in [0.1, 0.15) is 11.6 Å². The van der Waals surface area contributed by atoms with Crippen LogP contribution in [0.1, 0.15) is 28.9 Å². The third kappa shape index (κ3) is 3.01. The molecule has 1 amide bonds. The van der Waals surface area contributed by atoms with Gasteiger partial charge in [0.05, 0.1) is 12.8 Å². The Balaban J connectivity index is 2.25. The molecule has 0 saturated carbocycles. The number of aromatic nitrogens is 3. The van der Waals surface area contributed by atoms with E-state index in [2.05, 4.69) is 21.5 Å². The lowest BCUT2D eigenvalue weighted by Gasteiger charge is -2.11. The molecular formula is C14H17N5O2.